The van der Waals surface area contributed by atoms with Gasteiger partial charge in [0.15, 0.2) is 0 Å². The van der Waals surface area contributed by atoms with Gasteiger partial charge in [0.1, 0.15) is 10.9 Å². The summed E-state index contributed by atoms with van der Waals surface area (Å²) in [6.07, 6.45) is 2.33. The first-order valence-corrected chi connectivity index (χ1v) is 7.24. The smallest absolute Gasteiger partial charge is 0.345 e. The minimum Gasteiger partial charge on any atom is -0.423 e. The van der Waals surface area contributed by atoms with Crippen LogP contribution >= 0.6 is 23.2 Å². The molecule has 0 saturated carbocycles. The number of esters is 1. The van der Waals surface area contributed by atoms with Crippen LogP contribution in [0.15, 0.2) is 30.5 Å². The minimum atomic E-state index is -0.578. The van der Waals surface area contributed by atoms with Gasteiger partial charge in [-0.15, -0.1) is 0 Å². The number of aryl methyl sites for hydroxylation is 1. The summed E-state index contributed by atoms with van der Waals surface area (Å²) in [6, 6.07) is 6.46. The van der Waals surface area contributed by atoms with Crippen molar-refractivity contribution in [1.29, 1.82) is 0 Å². The molecule has 2 aromatic rings. The van der Waals surface area contributed by atoms with Gasteiger partial charge in [0.25, 0.3) is 0 Å². The zero-order valence-electron chi connectivity index (χ0n) is 11.2. The molecule has 0 unspecified atom stereocenters. The predicted molar refractivity (Wildman–Crippen MR) is 82.6 cm³/mol. The van der Waals surface area contributed by atoms with E-state index in [9.17, 15) is 9.59 Å². The van der Waals surface area contributed by atoms with Gasteiger partial charge in [-0.05, 0) is 36.2 Å². The highest BCUT2D eigenvalue weighted by Gasteiger charge is 2.17. The lowest BCUT2D eigenvalue weighted by Gasteiger charge is -2.17. The number of nitrogens with one attached hydrogen (secondary N) is 1. The van der Waals surface area contributed by atoms with E-state index >= 15 is 0 Å². The van der Waals surface area contributed by atoms with E-state index in [4.69, 9.17) is 27.9 Å². The molecule has 7 heteroatoms. The number of carbonyl (C=O) groups excluding carboxylic acids is 2. The molecule has 1 aliphatic heterocycles. The summed E-state index contributed by atoms with van der Waals surface area (Å²) in [6.45, 7) is 0. The second-order valence-corrected chi connectivity index (χ2v) is 5.52. The second kappa shape index (κ2) is 5.94. The Morgan fingerprint density at radius 3 is 2.82 bits per heavy atom. The number of hydrogen-bond acceptors (Lipinski definition) is 4. The molecule has 0 spiro atoms. The van der Waals surface area contributed by atoms with Crippen molar-refractivity contribution in [3.63, 3.8) is 0 Å². The van der Waals surface area contributed by atoms with Crippen LogP contribution in [0.25, 0.3) is 0 Å². The maximum atomic E-state index is 12.1. The van der Waals surface area contributed by atoms with E-state index in [0.29, 0.717) is 18.6 Å². The third-order valence-corrected chi connectivity index (χ3v) is 3.90. The monoisotopic (exact) mass is 336 g/mol. The summed E-state index contributed by atoms with van der Waals surface area (Å²) in [4.78, 5) is 27.2. The molecule has 1 N–H and O–H groups in total. The Morgan fingerprint density at radius 1 is 1.23 bits per heavy atom. The van der Waals surface area contributed by atoms with Crippen LogP contribution < -0.4 is 10.1 Å². The Balaban J connectivity index is 1.79. The lowest BCUT2D eigenvalue weighted by Crippen LogP contribution is -2.19. The molecule has 0 bridgehead atoms. The summed E-state index contributed by atoms with van der Waals surface area (Å²) >= 11 is 11.5. The van der Waals surface area contributed by atoms with Crippen LogP contribution in [-0.4, -0.2) is 16.9 Å². The molecular weight excluding hydrogens is 327 g/mol. The molecule has 1 aliphatic rings. The van der Waals surface area contributed by atoms with Crippen molar-refractivity contribution in [2.75, 3.05) is 5.32 Å². The number of aromatic nitrogens is 1. The maximum Gasteiger partial charge on any atom is 0.345 e. The van der Waals surface area contributed by atoms with Crippen LogP contribution in [0.5, 0.6) is 5.75 Å². The average Bonchev–Trinajstić information content (AvgIpc) is 2.50. The van der Waals surface area contributed by atoms with Crippen LogP contribution in [-0.2, 0) is 11.2 Å². The van der Waals surface area contributed by atoms with Crippen LogP contribution in [0.2, 0.25) is 10.2 Å². The quantitative estimate of drug-likeness (QED) is 0.517. The van der Waals surface area contributed by atoms with E-state index < -0.39 is 5.97 Å². The lowest BCUT2D eigenvalue weighted by atomic mass is 10.0. The highest BCUT2D eigenvalue weighted by Crippen LogP contribution is 2.27. The van der Waals surface area contributed by atoms with Gasteiger partial charge in [0, 0.05) is 18.3 Å². The lowest BCUT2D eigenvalue weighted by molar-refractivity contribution is -0.116. The van der Waals surface area contributed by atoms with Crippen molar-refractivity contribution in [2.24, 2.45) is 0 Å². The number of amides is 1. The largest absolute Gasteiger partial charge is 0.423 e. The molecule has 0 atom stereocenters. The number of halogens is 2. The zero-order chi connectivity index (χ0) is 15.7. The van der Waals surface area contributed by atoms with Gasteiger partial charge < -0.3 is 10.1 Å². The number of rotatable bonds is 2. The summed E-state index contributed by atoms with van der Waals surface area (Å²) in [5.74, 6) is -0.198. The van der Waals surface area contributed by atoms with Crippen LogP contribution in [0.3, 0.4) is 0 Å². The SMILES string of the molecule is O=C1CCc2cc(OC(=O)c3cnc(Cl)c(Cl)c3)ccc2N1. The second-order valence-electron chi connectivity index (χ2n) is 4.75. The number of pyridine rings is 1. The first-order chi connectivity index (χ1) is 10.5. The standard InChI is InChI=1S/C15H10Cl2N2O3/c16-11-6-9(7-18-14(11)17)15(21)22-10-2-3-12-8(5-10)1-4-13(20)19-12/h2-3,5-7H,1,4H2,(H,19,20). The van der Waals surface area contributed by atoms with Crippen molar-refractivity contribution >= 4 is 40.8 Å². The summed E-state index contributed by atoms with van der Waals surface area (Å²) in [5.41, 5.74) is 1.88. The maximum absolute atomic E-state index is 12.1. The zero-order valence-corrected chi connectivity index (χ0v) is 12.7. The number of anilines is 1. The van der Waals surface area contributed by atoms with E-state index in [1.165, 1.54) is 12.3 Å². The van der Waals surface area contributed by atoms with E-state index in [0.717, 1.165) is 11.3 Å². The Morgan fingerprint density at radius 2 is 2.05 bits per heavy atom. The molecule has 1 aromatic heterocycles. The van der Waals surface area contributed by atoms with Gasteiger partial charge >= 0.3 is 5.97 Å². The third kappa shape index (κ3) is 3.05. The first kappa shape index (κ1) is 14.8. The van der Waals surface area contributed by atoms with E-state index in [1.54, 1.807) is 18.2 Å². The molecule has 22 heavy (non-hydrogen) atoms. The van der Waals surface area contributed by atoms with E-state index in [1.807, 2.05) is 0 Å². The molecule has 3 rings (SSSR count). The molecule has 0 aliphatic carbocycles. The molecule has 0 saturated heterocycles. The van der Waals surface area contributed by atoms with Gasteiger partial charge in [0.05, 0.1) is 10.6 Å². The van der Waals surface area contributed by atoms with Crippen molar-refractivity contribution in [2.45, 2.75) is 12.8 Å². The minimum absolute atomic E-state index is 0.0147. The van der Waals surface area contributed by atoms with E-state index in [2.05, 4.69) is 10.3 Å². The number of carbonyl (C=O) groups is 2. The van der Waals surface area contributed by atoms with E-state index in [-0.39, 0.29) is 21.6 Å². The molecule has 112 valence electrons. The third-order valence-electron chi connectivity index (χ3n) is 3.21. The van der Waals surface area contributed by atoms with Gasteiger partial charge in [-0.3, -0.25) is 4.79 Å². The highest BCUT2D eigenvalue weighted by atomic mass is 35.5. The summed E-state index contributed by atoms with van der Waals surface area (Å²) in [5, 5.41) is 3.08. The van der Waals surface area contributed by atoms with Gasteiger partial charge in [-0.25, -0.2) is 9.78 Å². The Labute approximate surface area is 136 Å². The number of hydrogen-bond donors (Lipinski definition) is 1. The van der Waals surface area contributed by atoms with Gasteiger partial charge in [-0.1, -0.05) is 23.2 Å². The molecule has 0 fully saturated rings. The van der Waals surface area contributed by atoms with Crippen molar-refractivity contribution < 1.29 is 14.3 Å². The molecule has 0 radical (unpaired) electrons. The number of fused-ring (bicyclic) bond motifs is 1. The fourth-order valence-electron chi connectivity index (χ4n) is 2.12. The number of benzene rings is 1. The molecular formula is C15H10Cl2N2O3. The first-order valence-electron chi connectivity index (χ1n) is 6.49. The van der Waals surface area contributed by atoms with Crippen LogP contribution in [0.4, 0.5) is 5.69 Å². The van der Waals surface area contributed by atoms with Crippen molar-refractivity contribution in [1.82, 2.24) is 4.98 Å². The van der Waals surface area contributed by atoms with Crippen molar-refractivity contribution in [3.8, 4) is 5.75 Å². The normalized spacial score (nSPS) is 13.3. The predicted octanol–water partition coefficient (Wildman–Crippen LogP) is 3.49. The van der Waals surface area contributed by atoms with Crippen LogP contribution in [0, 0.1) is 0 Å². The fourth-order valence-corrected chi connectivity index (χ4v) is 2.39. The number of ether oxygens (including phenoxy) is 1. The Kier molecular flexibility index (Phi) is 4.00. The Bertz CT molecular complexity index is 777. The summed E-state index contributed by atoms with van der Waals surface area (Å²) in [7, 11) is 0. The fraction of sp³-hybridized carbons (Fsp3) is 0.133. The van der Waals surface area contributed by atoms with Crippen LogP contribution in [0.1, 0.15) is 22.3 Å². The highest BCUT2D eigenvalue weighted by molar-refractivity contribution is 6.41. The number of nitrogens with zero attached hydrogens (tertiary/aromatic N) is 1. The van der Waals surface area contributed by atoms with Gasteiger partial charge in [-0.2, -0.15) is 0 Å². The molecule has 5 nitrogen and oxygen atoms in total. The van der Waals surface area contributed by atoms with Gasteiger partial charge in [0.2, 0.25) is 5.91 Å². The van der Waals surface area contributed by atoms with Crippen molar-refractivity contribution in [3.05, 3.63) is 51.8 Å². The molecule has 2 heterocycles. The topological polar surface area (TPSA) is 68.3 Å². The molecule has 1 aromatic carbocycles. The summed E-state index contributed by atoms with van der Waals surface area (Å²) < 4.78 is 5.29. The Hall–Kier alpha value is -2.11. The average molecular weight is 337 g/mol. The molecule has 1 amide bonds.